The number of ether oxygens (including phenoxy) is 2. The predicted octanol–water partition coefficient (Wildman–Crippen LogP) is 1.57. The SMILES string of the molecule is COc1ccc(OCC(C)OP(=O)(O)O)cc1. The van der Waals surface area contributed by atoms with Crippen molar-refractivity contribution in [2.45, 2.75) is 13.0 Å². The van der Waals surface area contributed by atoms with Gasteiger partial charge in [0.2, 0.25) is 0 Å². The summed E-state index contributed by atoms with van der Waals surface area (Å²) in [4.78, 5) is 17.1. The Kier molecular flexibility index (Phi) is 4.96. The van der Waals surface area contributed by atoms with Gasteiger partial charge in [0.05, 0.1) is 7.11 Å². The van der Waals surface area contributed by atoms with Crippen LogP contribution in [0.2, 0.25) is 0 Å². The summed E-state index contributed by atoms with van der Waals surface area (Å²) in [5, 5.41) is 0. The Hall–Kier alpha value is -1.07. The molecule has 0 fully saturated rings. The topological polar surface area (TPSA) is 85.2 Å². The molecule has 0 spiro atoms. The van der Waals surface area contributed by atoms with Crippen molar-refractivity contribution < 1.29 is 28.3 Å². The maximum Gasteiger partial charge on any atom is 0.469 e. The number of phosphoric acid groups is 1. The summed E-state index contributed by atoms with van der Waals surface area (Å²) < 4.78 is 25.2. The average Bonchev–Trinajstić information content (AvgIpc) is 2.25. The molecule has 1 rings (SSSR count). The van der Waals surface area contributed by atoms with Crippen molar-refractivity contribution in [1.82, 2.24) is 0 Å². The Morgan fingerprint density at radius 2 is 1.76 bits per heavy atom. The molecule has 0 bridgehead atoms. The molecule has 0 aliphatic heterocycles. The van der Waals surface area contributed by atoms with Crippen LogP contribution < -0.4 is 9.47 Å². The van der Waals surface area contributed by atoms with Crippen molar-refractivity contribution in [1.29, 1.82) is 0 Å². The molecule has 0 heterocycles. The highest BCUT2D eigenvalue weighted by molar-refractivity contribution is 7.46. The number of benzene rings is 1. The van der Waals surface area contributed by atoms with E-state index in [0.29, 0.717) is 11.5 Å². The van der Waals surface area contributed by atoms with Crippen LogP contribution in [0.25, 0.3) is 0 Å². The van der Waals surface area contributed by atoms with Crippen LogP contribution in [0, 0.1) is 0 Å². The van der Waals surface area contributed by atoms with Crippen molar-refractivity contribution in [2.24, 2.45) is 0 Å². The molecular weight excluding hydrogens is 247 g/mol. The van der Waals surface area contributed by atoms with E-state index in [1.165, 1.54) is 6.92 Å². The minimum atomic E-state index is -4.46. The Labute approximate surface area is 99.4 Å². The summed E-state index contributed by atoms with van der Waals surface area (Å²) in [6.07, 6.45) is -0.696. The van der Waals surface area contributed by atoms with E-state index in [0.717, 1.165) is 0 Å². The summed E-state index contributed by atoms with van der Waals surface area (Å²) >= 11 is 0. The zero-order chi connectivity index (χ0) is 12.9. The Balaban J connectivity index is 2.42. The second-order valence-corrected chi connectivity index (χ2v) is 4.59. The zero-order valence-corrected chi connectivity index (χ0v) is 10.5. The molecule has 0 aliphatic rings. The van der Waals surface area contributed by atoms with Crippen LogP contribution in [0.5, 0.6) is 11.5 Å². The minimum absolute atomic E-state index is 0.0530. The smallest absolute Gasteiger partial charge is 0.469 e. The van der Waals surface area contributed by atoms with Crippen LogP contribution in [0.4, 0.5) is 0 Å². The number of hydrogen-bond acceptors (Lipinski definition) is 4. The summed E-state index contributed by atoms with van der Waals surface area (Å²) in [5.41, 5.74) is 0. The van der Waals surface area contributed by atoms with Gasteiger partial charge in [-0.05, 0) is 31.2 Å². The fourth-order valence-corrected chi connectivity index (χ4v) is 1.68. The molecule has 1 aromatic rings. The molecule has 1 unspecified atom stereocenters. The van der Waals surface area contributed by atoms with Crippen LogP contribution >= 0.6 is 7.82 Å². The van der Waals surface area contributed by atoms with E-state index in [4.69, 9.17) is 19.3 Å². The van der Waals surface area contributed by atoms with Gasteiger partial charge in [-0.25, -0.2) is 4.57 Å². The van der Waals surface area contributed by atoms with Gasteiger partial charge >= 0.3 is 7.82 Å². The number of phosphoric ester groups is 1. The highest BCUT2D eigenvalue weighted by atomic mass is 31.2. The first-order valence-electron chi connectivity index (χ1n) is 4.91. The first-order chi connectivity index (χ1) is 7.90. The van der Waals surface area contributed by atoms with Crippen LogP contribution in [0.15, 0.2) is 24.3 Å². The molecule has 7 heteroatoms. The van der Waals surface area contributed by atoms with Crippen molar-refractivity contribution in [2.75, 3.05) is 13.7 Å². The highest BCUT2D eigenvalue weighted by Crippen LogP contribution is 2.37. The molecular formula is C10H15O6P. The Morgan fingerprint density at radius 1 is 1.24 bits per heavy atom. The fourth-order valence-electron chi connectivity index (χ4n) is 1.15. The van der Waals surface area contributed by atoms with Gasteiger partial charge in [-0.3, -0.25) is 4.52 Å². The largest absolute Gasteiger partial charge is 0.497 e. The van der Waals surface area contributed by atoms with Gasteiger partial charge in [-0.1, -0.05) is 0 Å². The minimum Gasteiger partial charge on any atom is -0.497 e. The van der Waals surface area contributed by atoms with Crippen LogP contribution in [-0.2, 0) is 9.09 Å². The van der Waals surface area contributed by atoms with Gasteiger partial charge < -0.3 is 19.3 Å². The lowest BCUT2D eigenvalue weighted by molar-refractivity contribution is 0.101. The molecule has 0 aliphatic carbocycles. The maximum atomic E-state index is 10.5. The molecule has 0 aromatic heterocycles. The summed E-state index contributed by atoms with van der Waals surface area (Å²) in [6, 6.07) is 6.85. The van der Waals surface area contributed by atoms with E-state index in [1.54, 1.807) is 31.4 Å². The van der Waals surface area contributed by atoms with Gasteiger partial charge in [0.25, 0.3) is 0 Å². The lowest BCUT2D eigenvalue weighted by atomic mass is 10.3. The molecule has 17 heavy (non-hydrogen) atoms. The molecule has 2 N–H and O–H groups in total. The zero-order valence-electron chi connectivity index (χ0n) is 9.57. The monoisotopic (exact) mass is 262 g/mol. The third-order valence-corrected chi connectivity index (χ3v) is 2.50. The van der Waals surface area contributed by atoms with E-state index in [-0.39, 0.29) is 6.61 Å². The van der Waals surface area contributed by atoms with Crippen LogP contribution in [0.1, 0.15) is 6.92 Å². The summed E-state index contributed by atoms with van der Waals surface area (Å²) in [5.74, 6) is 1.28. The van der Waals surface area contributed by atoms with Crippen LogP contribution in [-0.4, -0.2) is 29.6 Å². The van der Waals surface area contributed by atoms with E-state index in [9.17, 15) is 4.57 Å². The van der Waals surface area contributed by atoms with Crippen molar-refractivity contribution in [3.05, 3.63) is 24.3 Å². The molecule has 0 saturated carbocycles. The molecule has 0 saturated heterocycles. The van der Waals surface area contributed by atoms with Crippen molar-refractivity contribution >= 4 is 7.82 Å². The lowest BCUT2D eigenvalue weighted by Gasteiger charge is -2.14. The molecule has 1 aromatic carbocycles. The Bertz CT molecular complexity index is 384. The van der Waals surface area contributed by atoms with Crippen molar-refractivity contribution in [3.63, 3.8) is 0 Å². The summed E-state index contributed by atoms with van der Waals surface area (Å²) in [7, 11) is -2.89. The van der Waals surface area contributed by atoms with E-state index in [1.807, 2.05) is 0 Å². The van der Waals surface area contributed by atoms with E-state index in [2.05, 4.69) is 4.52 Å². The fraction of sp³-hybridized carbons (Fsp3) is 0.400. The normalized spacial score (nSPS) is 13.2. The van der Waals surface area contributed by atoms with Gasteiger partial charge in [0, 0.05) is 0 Å². The molecule has 96 valence electrons. The lowest BCUT2D eigenvalue weighted by Crippen LogP contribution is -2.16. The first kappa shape index (κ1) is 14.0. The number of methoxy groups -OCH3 is 1. The molecule has 0 amide bonds. The number of rotatable bonds is 6. The molecule has 6 nitrogen and oxygen atoms in total. The Morgan fingerprint density at radius 3 is 2.24 bits per heavy atom. The quantitative estimate of drug-likeness (QED) is 0.757. The molecule has 1 atom stereocenters. The van der Waals surface area contributed by atoms with E-state index >= 15 is 0 Å². The second kappa shape index (κ2) is 6.02. The van der Waals surface area contributed by atoms with E-state index < -0.39 is 13.9 Å². The second-order valence-electron chi connectivity index (χ2n) is 3.39. The van der Waals surface area contributed by atoms with Gasteiger partial charge in [0.15, 0.2) is 0 Å². The average molecular weight is 262 g/mol. The van der Waals surface area contributed by atoms with Gasteiger partial charge in [-0.2, -0.15) is 0 Å². The van der Waals surface area contributed by atoms with Gasteiger partial charge in [0.1, 0.15) is 24.2 Å². The van der Waals surface area contributed by atoms with Crippen molar-refractivity contribution in [3.8, 4) is 11.5 Å². The predicted molar refractivity (Wildman–Crippen MR) is 61.1 cm³/mol. The van der Waals surface area contributed by atoms with Crippen LogP contribution in [0.3, 0.4) is 0 Å². The third-order valence-electron chi connectivity index (χ3n) is 1.86. The standard InChI is InChI=1S/C10H15O6P/c1-8(16-17(11,12)13)7-15-10-5-3-9(14-2)4-6-10/h3-6,8H,7H2,1-2H3,(H2,11,12,13). The third kappa shape index (κ3) is 5.70. The number of hydrogen-bond donors (Lipinski definition) is 2. The summed E-state index contributed by atoms with van der Waals surface area (Å²) in [6.45, 7) is 1.57. The van der Waals surface area contributed by atoms with Gasteiger partial charge in [-0.15, -0.1) is 0 Å². The maximum absolute atomic E-state index is 10.5. The highest BCUT2D eigenvalue weighted by Gasteiger charge is 2.19. The first-order valence-corrected chi connectivity index (χ1v) is 6.44. The molecule has 0 radical (unpaired) electrons.